The fraction of sp³-hybridized carbons (Fsp3) is 0.643. The Kier molecular flexibility index (Phi) is 5.30. The molecule has 2 heterocycles. The number of amides is 1. The van der Waals surface area contributed by atoms with Gasteiger partial charge in [-0.3, -0.25) is 14.5 Å². The molecule has 116 valence electrons. The number of carbonyl (C=O) groups is 2. The Morgan fingerprint density at radius 2 is 2.29 bits per heavy atom. The molecule has 1 unspecified atom stereocenters. The molecule has 0 aliphatic carbocycles. The summed E-state index contributed by atoms with van der Waals surface area (Å²) in [7, 11) is 4.90. The Morgan fingerprint density at radius 1 is 1.52 bits per heavy atom. The lowest BCUT2D eigenvalue weighted by Gasteiger charge is -2.21. The van der Waals surface area contributed by atoms with E-state index in [4.69, 9.17) is 4.74 Å². The van der Waals surface area contributed by atoms with E-state index >= 15 is 0 Å². The molecular weight excluding hydrogens is 290 g/mol. The fourth-order valence-electron chi connectivity index (χ4n) is 2.42. The number of nitrogens with zero attached hydrogens (tertiary/aromatic N) is 3. The van der Waals surface area contributed by atoms with E-state index in [0.29, 0.717) is 13.0 Å². The summed E-state index contributed by atoms with van der Waals surface area (Å²) in [6.07, 6.45) is 2.16. The highest BCUT2D eigenvalue weighted by atomic mass is 32.1. The molecule has 0 bridgehead atoms. The topological polar surface area (TPSA) is 62.7 Å². The third kappa shape index (κ3) is 4.01. The molecule has 1 aliphatic heterocycles. The van der Waals surface area contributed by atoms with Gasteiger partial charge in [0.25, 0.3) is 0 Å². The molecule has 2 rings (SSSR count). The van der Waals surface area contributed by atoms with Crippen LogP contribution in [0.3, 0.4) is 0 Å². The van der Waals surface area contributed by atoms with Gasteiger partial charge in [-0.2, -0.15) is 0 Å². The number of ether oxygens (including phenoxy) is 1. The monoisotopic (exact) mass is 311 g/mol. The molecule has 1 saturated heterocycles. The first-order chi connectivity index (χ1) is 10.0. The number of likely N-dealkylation sites (tertiary alicyclic amines) is 1. The van der Waals surface area contributed by atoms with Gasteiger partial charge in [0.15, 0.2) is 0 Å². The zero-order valence-electron chi connectivity index (χ0n) is 12.7. The van der Waals surface area contributed by atoms with Crippen molar-refractivity contribution < 1.29 is 14.3 Å². The largest absolute Gasteiger partial charge is 0.468 e. The molecule has 0 N–H and O–H groups in total. The molecule has 21 heavy (non-hydrogen) atoms. The van der Waals surface area contributed by atoms with E-state index in [0.717, 1.165) is 30.1 Å². The number of methoxy groups -OCH3 is 1. The molecule has 6 nitrogen and oxygen atoms in total. The summed E-state index contributed by atoms with van der Waals surface area (Å²) in [6, 6.07) is -0.163. The summed E-state index contributed by atoms with van der Waals surface area (Å²) in [5.41, 5.74) is 0.914. The van der Waals surface area contributed by atoms with Gasteiger partial charge in [0.2, 0.25) is 5.91 Å². The first-order valence-corrected chi connectivity index (χ1v) is 7.84. The molecule has 7 heteroatoms. The van der Waals surface area contributed by atoms with Crippen molar-refractivity contribution in [3.05, 3.63) is 16.1 Å². The van der Waals surface area contributed by atoms with Crippen LogP contribution in [-0.4, -0.2) is 60.5 Å². The van der Waals surface area contributed by atoms with Gasteiger partial charge in [-0.25, -0.2) is 4.98 Å². The zero-order valence-corrected chi connectivity index (χ0v) is 13.5. The number of esters is 1. The van der Waals surface area contributed by atoms with Crippen LogP contribution in [0.1, 0.15) is 23.5 Å². The van der Waals surface area contributed by atoms with Crippen LogP contribution in [-0.2, 0) is 27.3 Å². The van der Waals surface area contributed by atoms with Gasteiger partial charge in [-0.1, -0.05) is 0 Å². The van der Waals surface area contributed by atoms with Crippen LogP contribution in [0, 0.1) is 0 Å². The third-order valence-corrected chi connectivity index (χ3v) is 4.50. The standard InChI is InChI=1S/C14H21N3O3S/c1-16(2)13(18)7-12-15-10(9-21-12)8-17-6-4-5-11(17)14(19)20-3/h9,11H,4-8H2,1-3H3. The lowest BCUT2D eigenvalue weighted by atomic mass is 10.2. The molecular formula is C14H21N3O3S. The summed E-state index contributed by atoms with van der Waals surface area (Å²) >= 11 is 1.49. The lowest BCUT2D eigenvalue weighted by Crippen LogP contribution is -2.36. The van der Waals surface area contributed by atoms with Crippen LogP contribution in [0.4, 0.5) is 0 Å². The minimum Gasteiger partial charge on any atom is -0.468 e. The Bertz CT molecular complexity index is 515. The number of aromatic nitrogens is 1. The summed E-state index contributed by atoms with van der Waals surface area (Å²) in [5, 5.41) is 2.78. The van der Waals surface area contributed by atoms with Crippen molar-refractivity contribution in [3.8, 4) is 0 Å². The van der Waals surface area contributed by atoms with E-state index in [9.17, 15) is 9.59 Å². The number of thiazole rings is 1. The van der Waals surface area contributed by atoms with E-state index in [2.05, 4.69) is 9.88 Å². The van der Waals surface area contributed by atoms with Crippen LogP contribution >= 0.6 is 11.3 Å². The molecule has 1 amide bonds. The van der Waals surface area contributed by atoms with E-state index in [1.807, 2.05) is 5.38 Å². The summed E-state index contributed by atoms with van der Waals surface area (Å²) < 4.78 is 4.84. The zero-order chi connectivity index (χ0) is 15.4. The number of rotatable bonds is 5. The summed E-state index contributed by atoms with van der Waals surface area (Å²) in [4.78, 5) is 31.5. The quantitative estimate of drug-likeness (QED) is 0.757. The van der Waals surface area contributed by atoms with Gasteiger partial charge in [-0.15, -0.1) is 11.3 Å². The van der Waals surface area contributed by atoms with Gasteiger partial charge in [-0.05, 0) is 19.4 Å². The highest BCUT2D eigenvalue weighted by Gasteiger charge is 2.31. The van der Waals surface area contributed by atoms with Crippen molar-refractivity contribution in [2.24, 2.45) is 0 Å². The molecule has 0 saturated carbocycles. The second-order valence-electron chi connectivity index (χ2n) is 5.35. The van der Waals surface area contributed by atoms with Crippen LogP contribution < -0.4 is 0 Å². The Balaban J connectivity index is 1.96. The average Bonchev–Trinajstić information content (AvgIpc) is 3.08. The molecule has 0 aromatic carbocycles. The van der Waals surface area contributed by atoms with Crippen molar-refractivity contribution in [2.75, 3.05) is 27.7 Å². The molecule has 0 spiro atoms. The van der Waals surface area contributed by atoms with Gasteiger partial charge in [0.05, 0.1) is 19.2 Å². The van der Waals surface area contributed by atoms with Gasteiger partial charge in [0.1, 0.15) is 11.0 Å². The van der Waals surface area contributed by atoms with Crippen molar-refractivity contribution in [3.63, 3.8) is 0 Å². The number of carbonyl (C=O) groups excluding carboxylic acids is 2. The lowest BCUT2D eigenvalue weighted by molar-refractivity contribution is -0.146. The third-order valence-electron chi connectivity index (χ3n) is 3.60. The van der Waals surface area contributed by atoms with Crippen LogP contribution in [0.25, 0.3) is 0 Å². The predicted octanol–water partition coefficient (Wildman–Crippen LogP) is 0.911. The van der Waals surface area contributed by atoms with Crippen LogP contribution in [0.2, 0.25) is 0 Å². The predicted molar refractivity (Wildman–Crippen MR) is 80.0 cm³/mol. The molecule has 1 aromatic heterocycles. The van der Waals surface area contributed by atoms with Gasteiger partial charge < -0.3 is 9.64 Å². The van der Waals surface area contributed by atoms with Crippen LogP contribution in [0.5, 0.6) is 0 Å². The van der Waals surface area contributed by atoms with Gasteiger partial charge >= 0.3 is 5.97 Å². The van der Waals surface area contributed by atoms with E-state index in [1.54, 1.807) is 19.0 Å². The first kappa shape index (κ1) is 15.9. The normalized spacial score (nSPS) is 18.7. The van der Waals surface area contributed by atoms with Crippen molar-refractivity contribution in [1.29, 1.82) is 0 Å². The molecule has 1 aliphatic rings. The van der Waals surface area contributed by atoms with Crippen molar-refractivity contribution in [2.45, 2.75) is 31.8 Å². The highest BCUT2D eigenvalue weighted by molar-refractivity contribution is 7.09. The maximum absolute atomic E-state index is 11.7. The Hall–Kier alpha value is -1.47. The Morgan fingerprint density at radius 3 is 2.95 bits per heavy atom. The smallest absolute Gasteiger partial charge is 0.323 e. The van der Waals surface area contributed by atoms with E-state index in [-0.39, 0.29) is 17.9 Å². The van der Waals surface area contributed by atoms with Crippen molar-refractivity contribution in [1.82, 2.24) is 14.8 Å². The maximum Gasteiger partial charge on any atom is 0.323 e. The molecule has 0 radical (unpaired) electrons. The highest BCUT2D eigenvalue weighted by Crippen LogP contribution is 2.22. The van der Waals surface area contributed by atoms with Crippen LogP contribution in [0.15, 0.2) is 5.38 Å². The van der Waals surface area contributed by atoms with Crippen molar-refractivity contribution >= 4 is 23.2 Å². The SMILES string of the molecule is COC(=O)C1CCCN1Cc1csc(CC(=O)N(C)C)n1. The van der Waals surface area contributed by atoms with E-state index in [1.165, 1.54) is 18.4 Å². The summed E-state index contributed by atoms with van der Waals surface area (Å²) in [6.45, 7) is 1.51. The number of hydrogen-bond donors (Lipinski definition) is 0. The summed E-state index contributed by atoms with van der Waals surface area (Å²) in [5.74, 6) is -0.129. The second kappa shape index (κ2) is 7.00. The maximum atomic E-state index is 11.7. The van der Waals surface area contributed by atoms with Gasteiger partial charge in [0, 0.05) is 26.0 Å². The average molecular weight is 311 g/mol. The molecule has 1 fully saturated rings. The number of likely N-dealkylation sites (N-methyl/N-ethyl adjacent to an activating group) is 1. The van der Waals surface area contributed by atoms with E-state index < -0.39 is 0 Å². The fourth-order valence-corrected chi connectivity index (χ4v) is 3.19. The minimum atomic E-state index is -0.175. The first-order valence-electron chi connectivity index (χ1n) is 6.96. The second-order valence-corrected chi connectivity index (χ2v) is 6.29. The molecule has 1 aromatic rings. The minimum absolute atomic E-state index is 0.0458. The Labute approximate surface area is 128 Å². The number of hydrogen-bond acceptors (Lipinski definition) is 6. The molecule has 1 atom stereocenters.